The molecule has 0 aliphatic carbocycles. The Morgan fingerprint density at radius 2 is 1.88 bits per heavy atom. The van der Waals surface area contributed by atoms with Gasteiger partial charge in [0.05, 0.1) is 0 Å². The molecule has 6 heteroatoms. The van der Waals surface area contributed by atoms with Gasteiger partial charge in [-0.15, -0.1) is 0 Å². The van der Waals surface area contributed by atoms with E-state index in [9.17, 15) is 14.4 Å². The van der Waals surface area contributed by atoms with Crippen molar-refractivity contribution in [3.63, 3.8) is 0 Å². The van der Waals surface area contributed by atoms with Crippen molar-refractivity contribution in [1.29, 1.82) is 0 Å². The van der Waals surface area contributed by atoms with Crippen molar-refractivity contribution in [2.75, 3.05) is 13.1 Å². The van der Waals surface area contributed by atoms with Crippen molar-refractivity contribution in [2.24, 2.45) is 0 Å². The van der Waals surface area contributed by atoms with Crippen LogP contribution in [0.4, 0.5) is 0 Å². The fraction of sp³-hybridized carbons (Fsp3) is 0.550. The Balaban J connectivity index is 1.59. The number of hydrogen-bond donors (Lipinski definition) is 1. The second-order valence-corrected chi connectivity index (χ2v) is 7.05. The van der Waals surface area contributed by atoms with Crippen molar-refractivity contribution in [1.82, 2.24) is 15.1 Å². The predicted molar refractivity (Wildman–Crippen MR) is 98.0 cm³/mol. The number of benzene rings is 1. The van der Waals surface area contributed by atoms with Crippen LogP contribution in [0.5, 0.6) is 0 Å². The largest absolute Gasteiger partial charge is 0.342 e. The molecule has 0 spiro atoms. The molecule has 0 saturated carbocycles. The average molecular weight is 357 g/mol. The van der Waals surface area contributed by atoms with Crippen LogP contribution in [0.2, 0.25) is 0 Å². The minimum absolute atomic E-state index is 0.00769. The van der Waals surface area contributed by atoms with Crippen molar-refractivity contribution < 1.29 is 14.4 Å². The third-order valence-electron chi connectivity index (χ3n) is 5.26. The zero-order chi connectivity index (χ0) is 18.5. The molecule has 2 aliphatic rings. The smallest absolute Gasteiger partial charge is 0.245 e. The molecule has 2 saturated heterocycles. The van der Waals surface area contributed by atoms with E-state index in [1.165, 1.54) is 0 Å². The van der Waals surface area contributed by atoms with Gasteiger partial charge in [-0.05, 0) is 31.2 Å². The minimum Gasteiger partial charge on any atom is -0.342 e. The summed E-state index contributed by atoms with van der Waals surface area (Å²) in [6, 6.07) is 8.94. The van der Waals surface area contributed by atoms with Crippen molar-refractivity contribution in [3.05, 3.63) is 35.9 Å². The lowest BCUT2D eigenvalue weighted by atomic mass is 10.0. The van der Waals surface area contributed by atoms with E-state index in [0.29, 0.717) is 38.9 Å². The summed E-state index contributed by atoms with van der Waals surface area (Å²) >= 11 is 0. The van der Waals surface area contributed by atoms with E-state index >= 15 is 0 Å². The first-order valence-electron chi connectivity index (χ1n) is 9.52. The van der Waals surface area contributed by atoms with Crippen LogP contribution in [-0.2, 0) is 20.9 Å². The molecule has 2 fully saturated rings. The number of nitrogens with one attached hydrogen (secondary N) is 1. The van der Waals surface area contributed by atoms with E-state index in [2.05, 4.69) is 5.32 Å². The Labute approximate surface area is 154 Å². The normalized spacial score (nSPS) is 23.2. The second-order valence-electron chi connectivity index (χ2n) is 7.05. The van der Waals surface area contributed by atoms with Gasteiger partial charge in [0.2, 0.25) is 17.7 Å². The van der Waals surface area contributed by atoms with Crippen LogP contribution < -0.4 is 5.32 Å². The first kappa shape index (κ1) is 18.4. The van der Waals surface area contributed by atoms with Crippen LogP contribution >= 0.6 is 0 Å². The van der Waals surface area contributed by atoms with E-state index in [-0.39, 0.29) is 17.7 Å². The van der Waals surface area contributed by atoms with Gasteiger partial charge in [-0.2, -0.15) is 0 Å². The Bertz CT molecular complexity index is 662. The molecule has 2 heterocycles. The average Bonchev–Trinajstić information content (AvgIpc) is 3.01. The highest BCUT2D eigenvalue weighted by atomic mass is 16.2. The number of amides is 3. The third-order valence-corrected chi connectivity index (χ3v) is 5.26. The molecular formula is C20H27N3O3. The lowest BCUT2D eigenvalue weighted by Gasteiger charge is -2.35. The van der Waals surface area contributed by atoms with Gasteiger partial charge in [0.1, 0.15) is 12.1 Å². The van der Waals surface area contributed by atoms with Crippen molar-refractivity contribution in [2.45, 2.75) is 57.7 Å². The summed E-state index contributed by atoms with van der Waals surface area (Å²) in [4.78, 5) is 40.9. The van der Waals surface area contributed by atoms with E-state index in [0.717, 1.165) is 18.4 Å². The number of rotatable bonds is 5. The van der Waals surface area contributed by atoms with Crippen molar-refractivity contribution >= 4 is 17.7 Å². The summed E-state index contributed by atoms with van der Waals surface area (Å²) < 4.78 is 0. The molecule has 0 radical (unpaired) electrons. The molecule has 26 heavy (non-hydrogen) atoms. The summed E-state index contributed by atoms with van der Waals surface area (Å²) in [5.74, 6) is -0.217. The van der Waals surface area contributed by atoms with Gasteiger partial charge in [0.25, 0.3) is 0 Å². The molecule has 6 nitrogen and oxygen atoms in total. The highest BCUT2D eigenvalue weighted by Crippen LogP contribution is 2.20. The molecule has 140 valence electrons. The van der Waals surface area contributed by atoms with Gasteiger partial charge in [0.15, 0.2) is 0 Å². The molecule has 0 bridgehead atoms. The third kappa shape index (κ3) is 4.06. The maximum absolute atomic E-state index is 12.7. The van der Waals surface area contributed by atoms with Crippen LogP contribution in [0.25, 0.3) is 0 Å². The molecular weight excluding hydrogens is 330 g/mol. The monoisotopic (exact) mass is 357 g/mol. The maximum Gasteiger partial charge on any atom is 0.245 e. The molecule has 1 aromatic rings. The van der Waals surface area contributed by atoms with E-state index in [1.54, 1.807) is 9.80 Å². The van der Waals surface area contributed by atoms with E-state index in [4.69, 9.17) is 0 Å². The SMILES string of the molecule is CCC(=O)N1CCCCC1C(=O)NC1CCN(Cc2ccccc2)C1=O. The lowest BCUT2D eigenvalue weighted by molar-refractivity contribution is -0.143. The topological polar surface area (TPSA) is 69.7 Å². The van der Waals surface area contributed by atoms with Crippen LogP contribution in [0.1, 0.15) is 44.6 Å². The first-order chi connectivity index (χ1) is 12.6. The molecule has 0 aromatic heterocycles. The zero-order valence-corrected chi connectivity index (χ0v) is 15.3. The van der Waals surface area contributed by atoms with Gasteiger partial charge >= 0.3 is 0 Å². The molecule has 2 aliphatic heterocycles. The Hall–Kier alpha value is -2.37. The highest BCUT2D eigenvalue weighted by Gasteiger charge is 2.37. The lowest BCUT2D eigenvalue weighted by Crippen LogP contribution is -2.54. The molecule has 3 rings (SSSR count). The summed E-state index contributed by atoms with van der Waals surface area (Å²) in [5.41, 5.74) is 1.08. The van der Waals surface area contributed by atoms with Crippen LogP contribution in [0, 0.1) is 0 Å². The number of nitrogens with zero attached hydrogens (tertiary/aromatic N) is 2. The number of carbonyl (C=O) groups is 3. The standard InChI is InChI=1S/C20H27N3O3/c1-2-18(24)23-12-7-6-10-17(23)19(25)21-16-11-13-22(20(16)26)14-15-8-4-3-5-9-15/h3-5,8-9,16-17H,2,6-7,10-14H2,1H3,(H,21,25). The van der Waals surface area contributed by atoms with Gasteiger partial charge in [-0.3, -0.25) is 14.4 Å². The summed E-state index contributed by atoms with van der Waals surface area (Å²) in [5, 5.41) is 2.90. The second kappa shape index (κ2) is 8.34. The van der Waals surface area contributed by atoms with Crippen LogP contribution in [0.3, 0.4) is 0 Å². The molecule has 1 N–H and O–H groups in total. The first-order valence-corrected chi connectivity index (χ1v) is 9.52. The fourth-order valence-electron chi connectivity index (χ4n) is 3.81. The summed E-state index contributed by atoms with van der Waals surface area (Å²) in [6.45, 7) is 3.65. The number of carbonyl (C=O) groups excluding carboxylic acids is 3. The van der Waals surface area contributed by atoms with E-state index in [1.807, 2.05) is 37.3 Å². The maximum atomic E-state index is 12.7. The summed E-state index contributed by atoms with van der Waals surface area (Å²) in [7, 11) is 0. The van der Waals surface area contributed by atoms with Gasteiger partial charge in [-0.25, -0.2) is 0 Å². The Morgan fingerprint density at radius 1 is 1.12 bits per heavy atom. The predicted octanol–water partition coefficient (Wildman–Crippen LogP) is 1.69. The Kier molecular flexibility index (Phi) is 5.91. The Morgan fingerprint density at radius 3 is 2.62 bits per heavy atom. The molecule has 1 aromatic carbocycles. The summed E-state index contributed by atoms with van der Waals surface area (Å²) in [6.07, 6.45) is 3.56. The number of hydrogen-bond acceptors (Lipinski definition) is 3. The van der Waals surface area contributed by atoms with Crippen molar-refractivity contribution in [3.8, 4) is 0 Å². The minimum atomic E-state index is -0.480. The quantitative estimate of drug-likeness (QED) is 0.872. The molecule has 2 unspecified atom stereocenters. The molecule has 3 amide bonds. The fourth-order valence-corrected chi connectivity index (χ4v) is 3.81. The zero-order valence-electron chi connectivity index (χ0n) is 15.3. The highest BCUT2D eigenvalue weighted by molar-refractivity contribution is 5.93. The van der Waals surface area contributed by atoms with Gasteiger partial charge in [0, 0.05) is 26.1 Å². The number of likely N-dealkylation sites (tertiary alicyclic amines) is 2. The van der Waals surface area contributed by atoms with Gasteiger partial charge in [-0.1, -0.05) is 37.3 Å². The molecule has 2 atom stereocenters. The number of piperidine rings is 1. The van der Waals surface area contributed by atoms with Crippen LogP contribution in [-0.4, -0.2) is 52.7 Å². The van der Waals surface area contributed by atoms with Gasteiger partial charge < -0.3 is 15.1 Å². The van der Waals surface area contributed by atoms with E-state index < -0.39 is 12.1 Å². The van der Waals surface area contributed by atoms with Crippen LogP contribution in [0.15, 0.2) is 30.3 Å².